The molecule has 0 spiro atoms. The number of hydrogen-bond donors (Lipinski definition) is 0. The predicted octanol–water partition coefficient (Wildman–Crippen LogP) is 7.87. The van der Waals surface area contributed by atoms with Gasteiger partial charge in [0.1, 0.15) is 17.2 Å². The van der Waals surface area contributed by atoms with Gasteiger partial charge in [0.25, 0.3) is 18.8 Å². The summed E-state index contributed by atoms with van der Waals surface area (Å²) in [6, 6.07) is 44.6. The summed E-state index contributed by atoms with van der Waals surface area (Å²) < 4.78 is 28.0. The maximum absolute atomic E-state index is 8.38. The summed E-state index contributed by atoms with van der Waals surface area (Å²) in [5.41, 5.74) is 2.16. The maximum Gasteiger partial charge on any atom is 0.292 e. The Bertz CT molecular complexity index is 1550. The first kappa shape index (κ1) is 41.5. The van der Waals surface area contributed by atoms with Gasteiger partial charge in [-0.15, -0.1) is 34.8 Å². The summed E-state index contributed by atoms with van der Waals surface area (Å²) in [6.07, 6.45) is 4.64. The number of methoxy groups -OCH3 is 4. The fourth-order valence-corrected chi connectivity index (χ4v) is 3.11. The molecule has 0 unspecified atom stereocenters. The molecule has 1 radical (unpaired) electrons. The molecule has 0 heterocycles. The van der Waals surface area contributed by atoms with Crippen LogP contribution < -0.4 is 23.7 Å². The van der Waals surface area contributed by atoms with E-state index < -0.39 is 0 Å². The molecule has 0 amide bonds. The Balaban J connectivity index is 0.000000606. The van der Waals surface area contributed by atoms with Gasteiger partial charge in [0.15, 0.2) is 0 Å². The number of benzene rings is 5. The molecule has 0 fully saturated rings. The Kier molecular flexibility index (Phi) is 24.7. The fraction of sp³-hybridized carbons (Fsp3) is 0.108. The van der Waals surface area contributed by atoms with Crippen molar-refractivity contribution in [2.75, 3.05) is 28.4 Å². The summed E-state index contributed by atoms with van der Waals surface area (Å²) in [5, 5.41) is 23.8. The molecule has 5 aromatic rings. The van der Waals surface area contributed by atoms with Crippen LogP contribution in [0.3, 0.4) is 0 Å². The molecule has 0 aliphatic carbocycles. The molecule has 5 aromatic carbocycles. The first-order valence-electron chi connectivity index (χ1n) is 13.4. The molecule has 0 atom stereocenters. The summed E-state index contributed by atoms with van der Waals surface area (Å²) in [4.78, 5) is 0. The van der Waals surface area contributed by atoms with E-state index in [2.05, 4.69) is 21.6 Å². The maximum atomic E-state index is 8.38. The third-order valence-electron chi connectivity index (χ3n) is 5.29. The Hall–Kier alpha value is -5.53. The predicted molar refractivity (Wildman–Crippen MR) is 174 cm³/mol. The summed E-state index contributed by atoms with van der Waals surface area (Å²) in [7, 11) is 6.27. The minimum atomic E-state index is 0. The van der Waals surface area contributed by atoms with Gasteiger partial charge in [-0.3, -0.25) is 0 Å². The van der Waals surface area contributed by atoms with Gasteiger partial charge >= 0.3 is 0 Å². The Morgan fingerprint density at radius 2 is 0.745 bits per heavy atom. The molecule has 0 aliphatic heterocycles. The minimum absolute atomic E-state index is 0. The molecule has 237 valence electrons. The quantitative estimate of drug-likeness (QED) is 0.128. The SMILES string of the molecule is COC#N.COc1cc[c-]cc1.COc1ccc(-c2ccc(OC#N)cc2)cc1.COc1ccccc1.N#COc1cc[c-]cc1.[Y]. The van der Waals surface area contributed by atoms with Crippen LogP contribution in [0.1, 0.15) is 0 Å². The van der Waals surface area contributed by atoms with Crippen LogP contribution in [0, 0.1) is 46.7 Å². The molecule has 0 aromatic heterocycles. The molecule has 0 saturated carbocycles. The number of nitriles is 3. The summed E-state index contributed by atoms with van der Waals surface area (Å²) in [6.45, 7) is 0. The average molecular weight is 705 g/mol. The van der Waals surface area contributed by atoms with E-state index in [9.17, 15) is 0 Å². The van der Waals surface area contributed by atoms with E-state index in [0.717, 1.165) is 28.4 Å². The monoisotopic (exact) mass is 704 g/mol. The molecule has 9 nitrogen and oxygen atoms in total. The second-order valence-electron chi connectivity index (χ2n) is 8.13. The van der Waals surface area contributed by atoms with Gasteiger partial charge in [-0.1, -0.05) is 42.5 Å². The molecule has 10 heteroatoms. The van der Waals surface area contributed by atoms with Crippen LogP contribution in [0.2, 0.25) is 0 Å². The zero-order chi connectivity index (χ0) is 33.7. The summed E-state index contributed by atoms with van der Waals surface area (Å²) in [5.74, 6) is 3.72. The van der Waals surface area contributed by atoms with E-state index in [0.29, 0.717) is 11.5 Å². The fourth-order valence-electron chi connectivity index (χ4n) is 3.11. The topological polar surface area (TPSA) is 127 Å². The zero-order valence-corrected chi connectivity index (χ0v) is 29.3. The number of ether oxygens (including phenoxy) is 6. The van der Waals surface area contributed by atoms with Crippen LogP contribution in [0.15, 0.2) is 127 Å². The first-order valence-corrected chi connectivity index (χ1v) is 13.4. The normalized spacial score (nSPS) is 8.19. The van der Waals surface area contributed by atoms with Crippen molar-refractivity contribution in [3.63, 3.8) is 0 Å². The standard InChI is InChI=1S/C14H11NO2.C7H4NO.C7H8O.C7H7O.C2H3NO.Y/c1-16-13-6-2-11(3-7-13)12-4-8-14(9-5-12)17-10-15;8-6-9-7-4-2-1-3-5-7;2*1-8-7-5-3-2-4-6-7;1-4-2-3;/h2-9H,1H3;2-5H;2-6H,1H3;3-6H,1H3;1H3;/q;-1;;-1;;. The third kappa shape index (κ3) is 19.5. The van der Waals surface area contributed by atoms with Crippen molar-refractivity contribution in [1.29, 1.82) is 15.8 Å². The molecule has 47 heavy (non-hydrogen) atoms. The number of rotatable bonds is 6. The van der Waals surface area contributed by atoms with Crippen LogP contribution in [-0.2, 0) is 37.4 Å². The molecule has 0 saturated heterocycles. The van der Waals surface area contributed by atoms with Crippen LogP contribution in [-0.4, -0.2) is 28.4 Å². The Labute approximate surface area is 301 Å². The number of nitrogens with zero attached hydrogens (tertiary/aromatic N) is 3. The summed E-state index contributed by atoms with van der Waals surface area (Å²) >= 11 is 0. The van der Waals surface area contributed by atoms with Crippen molar-refractivity contribution in [3.05, 3.63) is 140 Å². The third-order valence-corrected chi connectivity index (χ3v) is 5.29. The van der Waals surface area contributed by atoms with Crippen molar-refractivity contribution < 1.29 is 61.1 Å². The van der Waals surface area contributed by atoms with E-state index in [4.69, 9.17) is 34.7 Å². The molecule has 0 bridgehead atoms. The van der Waals surface area contributed by atoms with Gasteiger partial charge in [-0.25, -0.2) is 0 Å². The van der Waals surface area contributed by atoms with Crippen LogP contribution >= 0.6 is 0 Å². The van der Waals surface area contributed by atoms with Crippen molar-refractivity contribution in [2.24, 2.45) is 0 Å². The zero-order valence-electron chi connectivity index (χ0n) is 26.5. The van der Waals surface area contributed by atoms with E-state index in [1.54, 1.807) is 70.2 Å². The largest absolute Gasteiger partial charge is 0.522 e. The van der Waals surface area contributed by atoms with Gasteiger partial charge in [-0.05, 0) is 47.5 Å². The van der Waals surface area contributed by atoms with Gasteiger partial charge in [0.05, 0.1) is 28.4 Å². The van der Waals surface area contributed by atoms with E-state index in [1.807, 2.05) is 91.0 Å². The molecule has 0 aliphatic rings. The van der Waals surface area contributed by atoms with E-state index in [-0.39, 0.29) is 32.7 Å². The molecule has 5 rings (SSSR count). The second-order valence-corrected chi connectivity index (χ2v) is 8.13. The van der Waals surface area contributed by atoms with Crippen LogP contribution in [0.4, 0.5) is 0 Å². The van der Waals surface area contributed by atoms with Crippen molar-refractivity contribution >= 4 is 0 Å². The Morgan fingerprint density at radius 3 is 1.06 bits per heavy atom. The number of hydrogen-bond acceptors (Lipinski definition) is 9. The van der Waals surface area contributed by atoms with Gasteiger partial charge in [0.2, 0.25) is 0 Å². The van der Waals surface area contributed by atoms with Crippen molar-refractivity contribution in [1.82, 2.24) is 0 Å². The van der Waals surface area contributed by atoms with E-state index in [1.165, 1.54) is 13.4 Å². The first-order chi connectivity index (χ1) is 22.5. The van der Waals surface area contributed by atoms with Gasteiger partial charge in [-0.2, -0.15) is 41.7 Å². The molecular weight excluding hydrogens is 671 g/mol. The minimum Gasteiger partial charge on any atom is -0.522 e. The smallest absolute Gasteiger partial charge is 0.292 e. The van der Waals surface area contributed by atoms with Crippen LogP contribution in [0.5, 0.6) is 28.7 Å². The molecular formula is C37H33N3O6Y-2. The van der Waals surface area contributed by atoms with E-state index >= 15 is 0 Å². The van der Waals surface area contributed by atoms with Gasteiger partial charge in [0, 0.05) is 44.2 Å². The average Bonchev–Trinajstić information content (AvgIpc) is 3.14. The Morgan fingerprint density at radius 1 is 0.426 bits per heavy atom. The van der Waals surface area contributed by atoms with Crippen molar-refractivity contribution in [3.8, 4) is 58.6 Å². The second kappa shape index (κ2) is 28.0. The van der Waals surface area contributed by atoms with Crippen molar-refractivity contribution in [2.45, 2.75) is 0 Å². The van der Waals surface area contributed by atoms with Crippen LogP contribution in [0.25, 0.3) is 11.1 Å². The number of para-hydroxylation sites is 1. The molecule has 0 N–H and O–H groups in total. The van der Waals surface area contributed by atoms with Gasteiger partial charge < -0.3 is 28.4 Å².